The molecule has 0 bridgehead atoms. The summed E-state index contributed by atoms with van der Waals surface area (Å²) in [6.45, 7) is 1.95. The van der Waals surface area contributed by atoms with Gasteiger partial charge in [0.15, 0.2) is 0 Å². The summed E-state index contributed by atoms with van der Waals surface area (Å²) < 4.78 is 101. The highest BCUT2D eigenvalue weighted by Gasteiger charge is 2.37. The molecule has 2 aromatic rings. The molecule has 0 aromatic heterocycles. The van der Waals surface area contributed by atoms with Crippen molar-refractivity contribution in [2.45, 2.75) is 53.7 Å². The molecule has 0 spiro atoms. The highest BCUT2D eigenvalue weighted by molar-refractivity contribution is 7.90. The standard InChI is InChI=1S/C16H20O9S3/c1-2-3-4-5-9-12-11-8-6-7-10-13(11)15(27(20,21)22)16(28(23,24)25)14(12)26(17,18)19/h6-8,10H,2-5,9H2,1H3,(H,17,18,19)(H,20,21,22)(H,23,24,25). The number of hydrogen-bond donors (Lipinski definition) is 3. The Hall–Kier alpha value is -1.57. The monoisotopic (exact) mass is 452 g/mol. The lowest BCUT2D eigenvalue weighted by Gasteiger charge is -2.18. The molecule has 156 valence electrons. The fraction of sp³-hybridized carbons (Fsp3) is 0.375. The van der Waals surface area contributed by atoms with Crippen molar-refractivity contribution >= 4 is 41.1 Å². The van der Waals surface area contributed by atoms with Gasteiger partial charge in [0.25, 0.3) is 30.4 Å². The summed E-state index contributed by atoms with van der Waals surface area (Å²) in [6, 6.07) is 5.35. The first kappa shape index (κ1) is 22.7. The molecule has 0 heterocycles. The number of unbranched alkanes of at least 4 members (excludes halogenated alkanes) is 3. The van der Waals surface area contributed by atoms with Gasteiger partial charge in [0.05, 0.1) is 0 Å². The molecule has 0 saturated carbocycles. The molecule has 3 N–H and O–H groups in total. The van der Waals surface area contributed by atoms with E-state index in [9.17, 15) is 38.9 Å². The van der Waals surface area contributed by atoms with E-state index in [0.717, 1.165) is 12.8 Å². The third-order valence-electron chi connectivity index (χ3n) is 4.24. The third kappa shape index (κ3) is 4.70. The average Bonchev–Trinajstić information content (AvgIpc) is 2.54. The first-order chi connectivity index (χ1) is 12.8. The Kier molecular flexibility index (Phi) is 6.53. The molecule has 0 unspecified atom stereocenters. The van der Waals surface area contributed by atoms with Gasteiger partial charge in [0.1, 0.15) is 14.7 Å². The summed E-state index contributed by atoms with van der Waals surface area (Å²) in [4.78, 5) is -4.09. The Bertz CT molecular complexity index is 1210. The van der Waals surface area contributed by atoms with Gasteiger partial charge in [-0.25, -0.2) is 0 Å². The minimum Gasteiger partial charge on any atom is -0.282 e. The van der Waals surface area contributed by atoms with Gasteiger partial charge >= 0.3 is 0 Å². The molecular weight excluding hydrogens is 432 g/mol. The van der Waals surface area contributed by atoms with Crippen LogP contribution in [0.4, 0.5) is 0 Å². The summed E-state index contributed by atoms with van der Waals surface area (Å²) >= 11 is 0. The van der Waals surface area contributed by atoms with E-state index in [-0.39, 0.29) is 22.8 Å². The molecular formula is C16H20O9S3. The molecule has 9 nitrogen and oxygen atoms in total. The lowest BCUT2D eigenvalue weighted by molar-refractivity contribution is 0.455. The molecule has 0 amide bonds. The van der Waals surface area contributed by atoms with Crippen LogP contribution in [0.15, 0.2) is 39.0 Å². The van der Waals surface area contributed by atoms with Crippen LogP contribution in [0.5, 0.6) is 0 Å². The summed E-state index contributed by atoms with van der Waals surface area (Å²) in [5.74, 6) is 0. The van der Waals surface area contributed by atoms with Crippen molar-refractivity contribution in [3.05, 3.63) is 29.8 Å². The van der Waals surface area contributed by atoms with Gasteiger partial charge in [-0.15, -0.1) is 0 Å². The van der Waals surface area contributed by atoms with Crippen LogP contribution in [0.3, 0.4) is 0 Å². The van der Waals surface area contributed by atoms with Crippen LogP contribution in [0.1, 0.15) is 38.2 Å². The van der Waals surface area contributed by atoms with E-state index in [1.165, 1.54) is 24.3 Å². The van der Waals surface area contributed by atoms with Crippen molar-refractivity contribution < 1.29 is 38.9 Å². The molecule has 0 aliphatic rings. The second kappa shape index (κ2) is 8.05. The predicted molar refractivity (Wildman–Crippen MR) is 101 cm³/mol. The molecule has 12 heteroatoms. The zero-order valence-corrected chi connectivity index (χ0v) is 17.3. The highest BCUT2D eigenvalue weighted by Crippen LogP contribution is 2.39. The van der Waals surface area contributed by atoms with Gasteiger partial charge in [0, 0.05) is 5.39 Å². The van der Waals surface area contributed by atoms with Gasteiger partial charge in [-0.05, 0) is 23.8 Å². The second-order valence-electron chi connectivity index (χ2n) is 6.25. The summed E-state index contributed by atoms with van der Waals surface area (Å²) in [5.41, 5.74) is -0.144. The maximum Gasteiger partial charge on any atom is 0.297 e. The molecule has 2 rings (SSSR count). The van der Waals surface area contributed by atoms with Gasteiger partial charge in [-0.1, -0.05) is 50.5 Å². The summed E-state index contributed by atoms with van der Waals surface area (Å²) in [5, 5.41) is -0.248. The molecule has 0 fully saturated rings. The molecule has 0 atom stereocenters. The van der Waals surface area contributed by atoms with Crippen molar-refractivity contribution in [3.63, 3.8) is 0 Å². The fourth-order valence-corrected chi connectivity index (χ4v) is 6.85. The highest BCUT2D eigenvalue weighted by atomic mass is 32.2. The molecule has 0 radical (unpaired) electrons. The second-order valence-corrected chi connectivity index (χ2v) is 10.3. The zero-order valence-electron chi connectivity index (χ0n) is 14.9. The molecule has 0 aliphatic carbocycles. The minimum atomic E-state index is -5.46. The first-order valence-corrected chi connectivity index (χ1v) is 12.6. The van der Waals surface area contributed by atoms with Crippen LogP contribution in [0.2, 0.25) is 0 Å². The maximum atomic E-state index is 12.0. The average molecular weight is 453 g/mol. The molecule has 0 aliphatic heterocycles. The summed E-state index contributed by atoms with van der Waals surface area (Å²) in [7, 11) is -16.0. The zero-order chi connectivity index (χ0) is 21.3. The van der Waals surface area contributed by atoms with Crippen molar-refractivity contribution in [3.8, 4) is 0 Å². The smallest absolute Gasteiger partial charge is 0.282 e. The Morgan fingerprint density at radius 3 is 1.64 bits per heavy atom. The van der Waals surface area contributed by atoms with Gasteiger partial charge in [-0.2, -0.15) is 25.3 Å². The van der Waals surface area contributed by atoms with Crippen LogP contribution in [0.25, 0.3) is 10.8 Å². The van der Waals surface area contributed by atoms with E-state index in [1.807, 2.05) is 6.92 Å². The molecule has 28 heavy (non-hydrogen) atoms. The van der Waals surface area contributed by atoms with Crippen molar-refractivity contribution in [2.24, 2.45) is 0 Å². The molecule has 0 saturated heterocycles. The third-order valence-corrected chi connectivity index (χ3v) is 7.33. The SMILES string of the molecule is CCCCCCc1c(S(=O)(=O)O)c(S(=O)(=O)O)c(S(=O)(=O)O)c2ccccc12. The first-order valence-electron chi connectivity index (χ1n) is 8.30. The minimum absolute atomic E-state index is 0.00388. The van der Waals surface area contributed by atoms with E-state index in [0.29, 0.717) is 12.8 Å². The predicted octanol–water partition coefficient (Wildman–Crippen LogP) is 2.70. The quantitative estimate of drug-likeness (QED) is 0.403. The normalized spacial score (nSPS) is 13.1. The Labute approximate surface area is 163 Å². The van der Waals surface area contributed by atoms with Crippen LogP contribution in [-0.4, -0.2) is 38.9 Å². The van der Waals surface area contributed by atoms with Crippen LogP contribution in [0, 0.1) is 0 Å². The Balaban J connectivity index is 3.11. The lowest BCUT2D eigenvalue weighted by Crippen LogP contribution is -2.17. The van der Waals surface area contributed by atoms with Crippen molar-refractivity contribution in [1.29, 1.82) is 0 Å². The molecule has 2 aromatic carbocycles. The number of aryl methyl sites for hydroxylation is 1. The number of fused-ring (bicyclic) bond motifs is 1. The van der Waals surface area contributed by atoms with Crippen LogP contribution in [-0.2, 0) is 36.8 Å². The topological polar surface area (TPSA) is 163 Å². The fourth-order valence-electron chi connectivity index (χ4n) is 3.17. The van der Waals surface area contributed by atoms with E-state index in [1.54, 1.807) is 0 Å². The van der Waals surface area contributed by atoms with Gasteiger partial charge < -0.3 is 0 Å². The van der Waals surface area contributed by atoms with Crippen LogP contribution >= 0.6 is 0 Å². The Morgan fingerprint density at radius 1 is 0.679 bits per heavy atom. The maximum absolute atomic E-state index is 12.0. The Morgan fingerprint density at radius 2 is 1.18 bits per heavy atom. The van der Waals surface area contributed by atoms with Crippen molar-refractivity contribution in [1.82, 2.24) is 0 Å². The van der Waals surface area contributed by atoms with Crippen molar-refractivity contribution in [2.75, 3.05) is 0 Å². The van der Waals surface area contributed by atoms with Gasteiger partial charge in [-0.3, -0.25) is 13.7 Å². The van der Waals surface area contributed by atoms with Gasteiger partial charge in [0.2, 0.25) is 0 Å². The van der Waals surface area contributed by atoms with E-state index in [2.05, 4.69) is 0 Å². The van der Waals surface area contributed by atoms with Crippen LogP contribution < -0.4 is 0 Å². The van der Waals surface area contributed by atoms with E-state index < -0.39 is 45.0 Å². The lowest BCUT2D eigenvalue weighted by atomic mass is 9.99. The summed E-state index contributed by atoms with van der Waals surface area (Å²) in [6.07, 6.45) is 2.81. The van der Waals surface area contributed by atoms with E-state index >= 15 is 0 Å². The number of hydrogen-bond acceptors (Lipinski definition) is 6. The van der Waals surface area contributed by atoms with E-state index in [4.69, 9.17) is 0 Å². The number of benzene rings is 2. The number of rotatable bonds is 8. The largest absolute Gasteiger partial charge is 0.297 e.